The number of fused-ring (bicyclic) bond motifs is 12. The summed E-state index contributed by atoms with van der Waals surface area (Å²) >= 11 is 12.0. The molecule has 2 aromatic heterocycles. The van der Waals surface area contributed by atoms with Crippen LogP contribution in [0.3, 0.4) is 0 Å². The number of amides is 4. The van der Waals surface area contributed by atoms with Gasteiger partial charge >= 0.3 is 0 Å². The number of pyridine rings is 2. The Bertz CT molecular complexity index is 3390. The van der Waals surface area contributed by atoms with Crippen molar-refractivity contribution in [3.63, 3.8) is 0 Å². The molecule has 0 N–H and O–H groups in total. The highest BCUT2D eigenvalue weighted by Gasteiger charge is 2.75. The Morgan fingerprint density at radius 1 is 0.614 bits per heavy atom. The summed E-state index contributed by atoms with van der Waals surface area (Å²) in [6.07, 6.45) is 6.68. The highest BCUT2D eigenvalue weighted by Crippen LogP contribution is 2.64. The maximum atomic E-state index is 13.9. The van der Waals surface area contributed by atoms with Crippen LogP contribution in [0.15, 0.2) is 114 Å². The van der Waals surface area contributed by atoms with Gasteiger partial charge in [0.15, 0.2) is 0 Å². The number of ether oxygens (including phenoxy) is 3. The zero-order valence-corrected chi connectivity index (χ0v) is 39.6. The summed E-state index contributed by atoms with van der Waals surface area (Å²) < 4.78 is 20.3. The predicted molar refractivity (Wildman–Crippen MR) is 259 cm³/mol. The number of aromatic nitrogens is 2. The maximum Gasteiger partial charge on any atom is 0.250 e. The minimum atomic E-state index is -0.828. The van der Waals surface area contributed by atoms with Crippen molar-refractivity contribution in [1.29, 1.82) is 10.5 Å². The van der Waals surface area contributed by atoms with E-state index in [1.165, 1.54) is 26.6 Å². The third kappa shape index (κ3) is 6.87. The van der Waals surface area contributed by atoms with E-state index in [-0.39, 0.29) is 29.2 Å². The van der Waals surface area contributed by atoms with Crippen molar-refractivity contribution in [2.24, 2.45) is 23.7 Å². The van der Waals surface area contributed by atoms with E-state index in [1.807, 2.05) is 62.4 Å². The first-order valence-corrected chi connectivity index (χ1v) is 24.0. The van der Waals surface area contributed by atoms with Crippen molar-refractivity contribution >= 4 is 79.8 Å². The monoisotopic (exact) mass is 974 g/mol. The third-order valence-electron chi connectivity index (χ3n) is 15.7. The summed E-state index contributed by atoms with van der Waals surface area (Å²) in [5, 5.41) is 22.8. The third-order valence-corrected chi connectivity index (χ3v) is 16.2. The van der Waals surface area contributed by atoms with Gasteiger partial charge in [0.25, 0.3) is 5.56 Å². The Kier molecular flexibility index (Phi) is 10.8. The lowest BCUT2D eigenvalue weighted by Gasteiger charge is -2.31. The molecule has 4 amide bonds. The van der Waals surface area contributed by atoms with Crippen molar-refractivity contribution in [3.8, 4) is 18.0 Å². The molecule has 70 heavy (non-hydrogen) atoms. The number of aryl methyl sites for hydroxylation is 1. The van der Waals surface area contributed by atoms with Crippen LogP contribution < -0.4 is 20.1 Å². The lowest BCUT2D eigenvalue weighted by Crippen LogP contribution is -2.43. The van der Waals surface area contributed by atoms with Gasteiger partial charge < -0.3 is 18.8 Å². The van der Waals surface area contributed by atoms with E-state index in [1.54, 1.807) is 48.7 Å². The molecule has 8 heterocycles. The van der Waals surface area contributed by atoms with Gasteiger partial charge in [-0.1, -0.05) is 71.7 Å². The molecular formula is C54H44Cl2N6O8. The molecule has 0 radical (unpaired) electrons. The zero-order valence-electron chi connectivity index (χ0n) is 38.1. The number of benzene rings is 4. The lowest BCUT2D eigenvalue weighted by molar-refractivity contribution is -0.133. The van der Waals surface area contributed by atoms with E-state index < -0.39 is 46.1 Å². The smallest absolute Gasteiger partial charge is 0.250 e. The summed E-state index contributed by atoms with van der Waals surface area (Å²) in [7, 11) is 0. The number of hydrogen-bond acceptors (Lipinski definition) is 11. The van der Waals surface area contributed by atoms with Crippen LogP contribution in [0.4, 0.5) is 11.4 Å². The second-order valence-electron chi connectivity index (χ2n) is 19.5. The number of hydrogen-bond donors (Lipinski definition) is 0. The largest absolute Gasteiger partial charge is 0.478 e. The molecule has 4 aromatic carbocycles. The minimum Gasteiger partial charge on any atom is -0.478 e. The summed E-state index contributed by atoms with van der Waals surface area (Å²) in [4.78, 5) is 74.5. The Morgan fingerprint density at radius 2 is 1.10 bits per heavy atom. The molecule has 16 heteroatoms. The fourth-order valence-corrected chi connectivity index (χ4v) is 12.9. The Morgan fingerprint density at radius 3 is 1.60 bits per heavy atom. The molecular weight excluding hydrogens is 932 g/mol. The summed E-state index contributed by atoms with van der Waals surface area (Å²) in [6, 6.07) is 32.1. The van der Waals surface area contributed by atoms with Gasteiger partial charge in [-0.25, -0.2) is 14.8 Å². The number of anilines is 2. The molecule has 0 spiro atoms. The van der Waals surface area contributed by atoms with Gasteiger partial charge in [0.2, 0.25) is 29.5 Å². The van der Waals surface area contributed by atoms with Gasteiger partial charge in [0, 0.05) is 59.0 Å². The Hall–Kier alpha value is -6.94. The van der Waals surface area contributed by atoms with E-state index >= 15 is 0 Å². The summed E-state index contributed by atoms with van der Waals surface area (Å²) in [5.41, 5.74) is -1.22. The molecule has 0 saturated carbocycles. The van der Waals surface area contributed by atoms with Crippen LogP contribution in [-0.4, -0.2) is 62.2 Å². The topological polar surface area (TPSA) is 185 Å². The molecule has 8 atom stereocenters. The Labute approximate surface area is 411 Å². The molecule has 6 aliphatic rings. The van der Waals surface area contributed by atoms with Crippen LogP contribution in [0, 0.1) is 46.3 Å². The van der Waals surface area contributed by atoms with Gasteiger partial charge in [-0.15, -0.1) is 0 Å². The van der Waals surface area contributed by atoms with Crippen LogP contribution >= 0.6 is 23.2 Å². The second-order valence-corrected chi connectivity index (χ2v) is 20.4. The van der Waals surface area contributed by atoms with Crippen molar-refractivity contribution in [2.45, 2.75) is 81.3 Å². The molecule has 6 saturated heterocycles. The van der Waals surface area contributed by atoms with E-state index in [9.17, 15) is 34.5 Å². The van der Waals surface area contributed by atoms with E-state index in [2.05, 4.69) is 17.1 Å². The van der Waals surface area contributed by atoms with E-state index in [4.69, 9.17) is 37.4 Å². The fourth-order valence-electron chi connectivity index (χ4n) is 12.6. The highest BCUT2D eigenvalue weighted by molar-refractivity contribution is 6.31. The number of carbonyl (C=O) groups is 4. The van der Waals surface area contributed by atoms with Crippen molar-refractivity contribution < 1.29 is 33.4 Å². The molecule has 6 fully saturated rings. The zero-order chi connectivity index (χ0) is 48.9. The number of rotatable bonds is 9. The van der Waals surface area contributed by atoms with Gasteiger partial charge in [-0.3, -0.25) is 24.0 Å². The molecule has 12 rings (SSSR count). The number of nitriles is 2. The summed E-state index contributed by atoms with van der Waals surface area (Å²) in [5.74, 6) is -2.93. The SMILES string of the molecule is CC12CCC(CCOc3ccc(Cl)cn3)(O1)[C@H]1C(=O)N(c3ccc(C#N)c4ccccc34)C(=O)[C@H]12.CC12CCC(CCn3cc(Cl)ccc3=O)(O1)[C@H]1C(=O)N(c3ccc(C#N)c4ccccc34)C(=O)[C@H]12. The van der Waals surface area contributed by atoms with Crippen LogP contribution in [0.25, 0.3) is 21.5 Å². The molecule has 6 aliphatic heterocycles. The van der Waals surface area contributed by atoms with Crippen LogP contribution in [-0.2, 0) is 35.2 Å². The van der Waals surface area contributed by atoms with Crippen molar-refractivity contribution in [1.82, 2.24) is 9.55 Å². The fraction of sp³-hybridized carbons (Fsp3) is 0.333. The molecule has 4 unspecified atom stereocenters. The van der Waals surface area contributed by atoms with Crippen LogP contribution in [0.2, 0.25) is 10.0 Å². The van der Waals surface area contributed by atoms with Gasteiger partial charge in [0.1, 0.15) is 0 Å². The average Bonchev–Trinajstić information content (AvgIpc) is 4.16. The van der Waals surface area contributed by atoms with Gasteiger partial charge in [-0.05, 0) is 82.3 Å². The van der Waals surface area contributed by atoms with Crippen molar-refractivity contribution in [2.75, 3.05) is 16.4 Å². The average molecular weight is 976 g/mol. The van der Waals surface area contributed by atoms with Crippen molar-refractivity contribution in [3.05, 3.63) is 141 Å². The standard InChI is InChI=1S/2C27H22ClN3O4/c1-26-10-11-27(35-26,12-13-34-21-9-7-17(28)15-30-21)23-22(26)24(32)31(25(23)33)20-8-6-16(14-29)18-4-2-3-5-19(18)20;1-26-10-11-27(35-26,12-13-30-15-17(28)7-9-21(30)32)23-22(26)24(33)31(25(23)34)20-8-6-16(14-29)18-4-2-3-5-19(18)20/h2*2-9,15,22-23H,10-13H2,1H3/t2*22-,23+,26?,27?/m00/s1. The van der Waals surface area contributed by atoms with Crippen LogP contribution in [0.1, 0.15) is 63.5 Å². The number of halogens is 2. The molecule has 6 aromatic rings. The second kappa shape index (κ2) is 16.6. The molecule has 0 aliphatic carbocycles. The lowest BCUT2D eigenvalue weighted by atomic mass is 9.67. The van der Waals surface area contributed by atoms with Gasteiger partial charge in [-0.2, -0.15) is 10.5 Å². The molecule has 352 valence electrons. The Balaban J connectivity index is 0.000000152. The molecule has 4 bridgehead atoms. The maximum absolute atomic E-state index is 13.9. The first-order valence-electron chi connectivity index (χ1n) is 23.2. The minimum absolute atomic E-state index is 0.180. The highest BCUT2D eigenvalue weighted by atomic mass is 35.5. The normalized spacial score (nSPS) is 29.1. The summed E-state index contributed by atoms with van der Waals surface area (Å²) in [6.45, 7) is 4.48. The number of nitrogens with zero attached hydrogens (tertiary/aromatic N) is 6. The number of carbonyl (C=O) groups excluding carboxylic acids is 4. The first kappa shape index (κ1) is 45.5. The van der Waals surface area contributed by atoms with E-state index in [0.29, 0.717) is 112 Å². The predicted octanol–water partition coefficient (Wildman–Crippen LogP) is 8.70. The first-order chi connectivity index (χ1) is 33.6. The molecule has 14 nitrogen and oxygen atoms in total. The van der Waals surface area contributed by atoms with Gasteiger partial charge in [0.05, 0.1) is 97.4 Å². The van der Waals surface area contributed by atoms with E-state index in [0.717, 1.165) is 0 Å². The van der Waals surface area contributed by atoms with Crippen LogP contribution in [0.5, 0.6) is 5.88 Å². The quantitative estimate of drug-likeness (QED) is 0.126. The number of imide groups is 2.